The Balaban J connectivity index is 1.82. The lowest BCUT2D eigenvalue weighted by molar-refractivity contribution is 0.455. The number of nitrogens with one attached hydrogen (secondary N) is 1. The zero-order valence-electron chi connectivity index (χ0n) is 12.8. The van der Waals surface area contributed by atoms with E-state index in [-0.39, 0.29) is 0 Å². The van der Waals surface area contributed by atoms with Gasteiger partial charge in [-0.1, -0.05) is 29.8 Å². The van der Waals surface area contributed by atoms with E-state index >= 15 is 0 Å². The van der Waals surface area contributed by atoms with E-state index in [9.17, 15) is 0 Å². The average molecular weight is 288 g/mol. The molecular formula is C17H24N2S. The van der Waals surface area contributed by atoms with Gasteiger partial charge in [-0.2, -0.15) is 0 Å². The second kappa shape index (κ2) is 7.00. The summed E-state index contributed by atoms with van der Waals surface area (Å²) < 4.78 is 0. The van der Waals surface area contributed by atoms with Gasteiger partial charge in [0.2, 0.25) is 0 Å². The van der Waals surface area contributed by atoms with E-state index in [1.807, 2.05) is 6.92 Å². The first-order chi connectivity index (χ1) is 9.54. The second-order valence-electron chi connectivity index (χ2n) is 5.64. The largest absolute Gasteiger partial charge is 0.306 e. The van der Waals surface area contributed by atoms with Crippen molar-refractivity contribution in [2.75, 3.05) is 0 Å². The third kappa shape index (κ3) is 4.43. The van der Waals surface area contributed by atoms with Crippen LogP contribution < -0.4 is 5.32 Å². The Morgan fingerprint density at radius 3 is 2.70 bits per heavy atom. The Bertz CT molecular complexity index is 547. The summed E-state index contributed by atoms with van der Waals surface area (Å²) in [5, 5.41) is 6.94. The molecule has 0 aliphatic heterocycles. The summed E-state index contributed by atoms with van der Waals surface area (Å²) in [5.41, 5.74) is 3.89. The van der Waals surface area contributed by atoms with Gasteiger partial charge < -0.3 is 5.32 Å². The van der Waals surface area contributed by atoms with Crippen molar-refractivity contribution in [2.24, 2.45) is 0 Å². The van der Waals surface area contributed by atoms with Crippen LogP contribution in [-0.4, -0.2) is 11.0 Å². The lowest BCUT2D eigenvalue weighted by atomic mass is 10.0. The van der Waals surface area contributed by atoms with Crippen molar-refractivity contribution in [3.05, 3.63) is 51.5 Å². The molecule has 108 valence electrons. The zero-order valence-corrected chi connectivity index (χ0v) is 13.6. The van der Waals surface area contributed by atoms with Crippen molar-refractivity contribution in [1.29, 1.82) is 0 Å². The number of hydrogen-bond acceptors (Lipinski definition) is 3. The van der Waals surface area contributed by atoms with E-state index in [0.717, 1.165) is 18.5 Å². The van der Waals surface area contributed by atoms with Crippen molar-refractivity contribution in [1.82, 2.24) is 10.3 Å². The van der Waals surface area contributed by atoms with Gasteiger partial charge in [0, 0.05) is 17.1 Å². The van der Waals surface area contributed by atoms with Gasteiger partial charge in [-0.15, -0.1) is 11.3 Å². The minimum Gasteiger partial charge on any atom is -0.306 e. The summed E-state index contributed by atoms with van der Waals surface area (Å²) in [6.45, 7) is 8.65. The van der Waals surface area contributed by atoms with Crippen molar-refractivity contribution >= 4 is 11.3 Å². The molecule has 2 unspecified atom stereocenters. The standard InChI is InChI=1S/C17H24N2S/c1-12-6-5-7-16(10-12)9-8-13(2)18-15(4)17-19-14(3)11-20-17/h5-7,10-11,13,15,18H,8-9H2,1-4H3. The maximum absolute atomic E-state index is 4.55. The van der Waals surface area contributed by atoms with Crippen LogP contribution in [0.3, 0.4) is 0 Å². The average Bonchev–Trinajstić information content (AvgIpc) is 2.83. The number of nitrogens with zero attached hydrogens (tertiary/aromatic N) is 1. The highest BCUT2D eigenvalue weighted by atomic mass is 32.1. The molecule has 2 atom stereocenters. The molecule has 0 spiro atoms. The van der Waals surface area contributed by atoms with Crippen LogP contribution in [0, 0.1) is 13.8 Å². The molecule has 0 saturated carbocycles. The Labute approximate surface area is 126 Å². The second-order valence-corrected chi connectivity index (χ2v) is 6.53. The van der Waals surface area contributed by atoms with Gasteiger partial charge in [0.15, 0.2) is 0 Å². The van der Waals surface area contributed by atoms with Crippen molar-refractivity contribution in [3.63, 3.8) is 0 Å². The van der Waals surface area contributed by atoms with E-state index in [2.05, 4.69) is 60.7 Å². The highest BCUT2D eigenvalue weighted by Gasteiger charge is 2.12. The van der Waals surface area contributed by atoms with Gasteiger partial charge >= 0.3 is 0 Å². The fourth-order valence-electron chi connectivity index (χ4n) is 2.40. The van der Waals surface area contributed by atoms with Gasteiger partial charge in [0.05, 0.1) is 6.04 Å². The van der Waals surface area contributed by atoms with Crippen LogP contribution in [0.2, 0.25) is 0 Å². The highest BCUT2D eigenvalue weighted by molar-refractivity contribution is 7.09. The molecule has 0 bridgehead atoms. The first-order valence-corrected chi connectivity index (χ1v) is 8.16. The maximum Gasteiger partial charge on any atom is 0.110 e. The van der Waals surface area contributed by atoms with Gasteiger partial charge in [0.1, 0.15) is 5.01 Å². The SMILES string of the molecule is Cc1cccc(CCC(C)NC(C)c2nc(C)cs2)c1. The lowest BCUT2D eigenvalue weighted by Gasteiger charge is -2.18. The van der Waals surface area contributed by atoms with Crippen LogP contribution >= 0.6 is 11.3 Å². The summed E-state index contributed by atoms with van der Waals surface area (Å²) in [6, 6.07) is 9.62. The zero-order chi connectivity index (χ0) is 14.5. The van der Waals surface area contributed by atoms with Crippen LogP contribution in [0.5, 0.6) is 0 Å². The summed E-state index contributed by atoms with van der Waals surface area (Å²) in [6.07, 6.45) is 2.28. The first kappa shape index (κ1) is 15.2. The molecule has 0 fully saturated rings. The van der Waals surface area contributed by atoms with Gasteiger partial charge in [-0.05, 0) is 46.1 Å². The van der Waals surface area contributed by atoms with Crippen molar-refractivity contribution < 1.29 is 0 Å². The van der Waals surface area contributed by atoms with Crippen molar-refractivity contribution in [2.45, 2.75) is 52.6 Å². The molecule has 1 aromatic heterocycles. The number of aryl methyl sites for hydroxylation is 3. The molecule has 1 aromatic carbocycles. The summed E-state index contributed by atoms with van der Waals surface area (Å²) >= 11 is 1.74. The molecule has 2 aromatic rings. The number of aromatic nitrogens is 1. The molecule has 1 N–H and O–H groups in total. The van der Waals surface area contributed by atoms with Crippen molar-refractivity contribution in [3.8, 4) is 0 Å². The molecule has 3 heteroatoms. The van der Waals surface area contributed by atoms with E-state index in [4.69, 9.17) is 0 Å². The molecular weight excluding hydrogens is 264 g/mol. The predicted octanol–water partition coefficient (Wildman–Crippen LogP) is 4.43. The minimum absolute atomic E-state index is 0.334. The van der Waals surface area contributed by atoms with E-state index in [1.165, 1.54) is 16.1 Å². The third-order valence-electron chi connectivity index (χ3n) is 3.49. The third-order valence-corrected chi connectivity index (χ3v) is 4.64. The molecule has 0 aliphatic carbocycles. The van der Waals surface area contributed by atoms with E-state index < -0.39 is 0 Å². The quantitative estimate of drug-likeness (QED) is 0.850. The number of thiazole rings is 1. The first-order valence-electron chi connectivity index (χ1n) is 7.28. The van der Waals surface area contributed by atoms with Crippen LogP contribution in [0.25, 0.3) is 0 Å². The van der Waals surface area contributed by atoms with Crippen LogP contribution in [0.15, 0.2) is 29.6 Å². The summed E-state index contributed by atoms with van der Waals surface area (Å²) in [5.74, 6) is 0. The van der Waals surface area contributed by atoms with Crippen LogP contribution in [0.1, 0.15) is 48.1 Å². The molecule has 2 nitrogen and oxygen atoms in total. The molecule has 0 aliphatic rings. The number of benzene rings is 1. The molecule has 2 rings (SSSR count). The normalized spacial score (nSPS) is 14.2. The fraction of sp³-hybridized carbons (Fsp3) is 0.471. The molecule has 20 heavy (non-hydrogen) atoms. The summed E-state index contributed by atoms with van der Waals surface area (Å²) in [7, 11) is 0. The molecule has 0 amide bonds. The Morgan fingerprint density at radius 1 is 1.25 bits per heavy atom. The summed E-state index contributed by atoms with van der Waals surface area (Å²) in [4.78, 5) is 4.55. The van der Waals surface area contributed by atoms with Gasteiger partial charge in [0.25, 0.3) is 0 Å². The Kier molecular flexibility index (Phi) is 5.32. The highest BCUT2D eigenvalue weighted by Crippen LogP contribution is 2.18. The maximum atomic E-state index is 4.55. The minimum atomic E-state index is 0.334. The smallest absolute Gasteiger partial charge is 0.110 e. The Morgan fingerprint density at radius 2 is 2.05 bits per heavy atom. The topological polar surface area (TPSA) is 24.9 Å². The van der Waals surface area contributed by atoms with Crippen LogP contribution in [0.4, 0.5) is 0 Å². The fourth-order valence-corrected chi connectivity index (χ4v) is 3.22. The number of rotatable bonds is 6. The predicted molar refractivity (Wildman–Crippen MR) is 87.4 cm³/mol. The van der Waals surface area contributed by atoms with Crippen LogP contribution in [-0.2, 0) is 6.42 Å². The molecule has 0 radical (unpaired) electrons. The lowest BCUT2D eigenvalue weighted by Crippen LogP contribution is -2.29. The molecule has 0 saturated heterocycles. The van der Waals surface area contributed by atoms with E-state index in [1.54, 1.807) is 11.3 Å². The Hall–Kier alpha value is -1.19. The van der Waals surface area contributed by atoms with Gasteiger partial charge in [-0.3, -0.25) is 0 Å². The van der Waals surface area contributed by atoms with E-state index in [0.29, 0.717) is 12.1 Å². The molecule has 1 heterocycles. The number of hydrogen-bond donors (Lipinski definition) is 1. The monoisotopic (exact) mass is 288 g/mol. The van der Waals surface area contributed by atoms with Gasteiger partial charge in [-0.25, -0.2) is 4.98 Å².